The minimum absolute atomic E-state index is 0.000416. The zero-order valence-electron chi connectivity index (χ0n) is 9.78. The molecule has 0 aliphatic heterocycles. The molecule has 0 aromatic carbocycles. The fourth-order valence-electron chi connectivity index (χ4n) is 1.11. The largest absolute Gasteiger partial charge is 0.534 e. The average molecular weight is 318 g/mol. The Balaban J connectivity index is 3.14. The van der Waals surface area contributed by atoms with Crippen LogP contribution in [0.3, 0.4) is 0 Å². The number of alkyl halides is 3. The van der Waals surface area contributed by atoms with Crippen LogP contribution in [0, 0.1) is 6.92 Å². The standard InChI is InChI=1S/C9H9F3O5S2/c1-3-16-8(13)7-5(2)18-4-6(7)17-19(14,15)9(10,11)12/h4H,3H2,1-2H3. The fourth-order valence-corrected chi connectivity index (χ4v) is 2.38. The van der Waals surface area contributed by atoms with Crippen LogP contribution in [0.25, 0.3) is 0 Å². The first kappa shape index (κ1) is 15.8. The molecular weight excluding hydrogens is 309 g/mol. The van der Waals surface area contributed by atoms with Crippen LogP contribution in [-0.4, -0.2) is 26.5 Å². The highest BCUT2D eigenvalue weighted by molar-refractivity contribution is 7.88. The summed E-state index contributed by atoms with van der Waals surface area (Å²) in [5.74, 6) is -1.62. The summed E-state index contributed by atoms with van der Waals surface area (Å²) in [7, 11) is -5.81. The van der Waals surface area contributed by atoms with Crippen molar-refractivity contribution in [2.75, 3.05) is 6.61 Å². The molecule has 0 bridgehead atoms. The number of halogens is 3. The number of carbonyl (C=O) groups excluding carboxylic acids is 1. The molecule has 0 N–H and O–H groups in total. The zero-order chi connectivity index (χ0) is 14.8. The maximum atomic E-state index is 12.2. The van der Waals surface area contributed by atoms with Crippen LogP contribution in [0.5, 0.6) is 5.75 Å². The Kier molecular flexibility index (Phi) is 4.46. The van der Waals surface area contributed by atoms with E-state index in [1.54, 1.807) is 0 Å². The van der Waals surface area contributed by atoms with E-state index in [-0.39, 0.29) is 12.2 Å². The number of ether oxygens (including phenoxy) is 1. The maximum absolute atomic E-state index is 12.2. The van der Waals surface area contributed by atoms with Crippen molar-refractivity contribution in [3.8, 4) is 5.75 Å². The predicted octanol–water partition coefficient (Wildman–Crippen LogP) is 2.46. The lowest BCUT2D eigenvalue weighted by atomic mass is 10.2. The number of aryl methyl sites for hydroxylation is 1. The van der Waals surface area contributed by atoms with E-state index in [2.05, 4.69) is 8.92 Å². The van der Waals surface area contributed by atoms with Gasteiger partial charge < -0.3 is 8.92 Å². The maximum Gasteiger partial charge on any atom is 0.534 e. The fraction of sp³-hybridized carbons (Fsp3) is 0.444. The summed E-state index contributed by atoms with van der Waals surface area (Å²) in [5.41, 5.74) is -5.88. The third-order valence-electron chi connectivity index (χ3n) is 1.90. The highest BCUT2D eigenvalue weighted by Gasteiger charge is 2.49. The Labute approximate surface area is 111 Å². The van der Waals surface area contributed by atoms with E-state index in [0.29, 0.717) is 4.88 Å². The number of thiophene rings is 1. The highest BCUT2D eigenvalue weighted by Crippen LogP contribution is 2.34. The van der Waals surface area contributed by atoms with E-state index in [9.17, 15) is 26.4 Å². The molecule has 0 unspecified atom stereocenters. The molecule has 0 aliphatic rings. The number of hydrogen-bond donors (Lipinski definition) is 0. The minimum Gasteiger partial charge on any atom is -0.462 e. The Morgan fingerprint density at radius 1 is 1.42 bits per heavy atom. The van der Waals surface area contributed by atoms with Crippen LogP contribution >= 0.6 is 11.3 Å². The van der Waals surface area contributed by atoms with Gasteiger partial charge in [-0.05, 0) is 13.8 Å². The van der Waals surface area contributed by atoms with E-state index >= 15 is 0 Å². The third kappa shape index (κ3) is 3.38. The van der Waals surface area contributed by atoms with E-state index < -0.39 is 27.3 Å². The van der Waals surface area contributed by atoms with Crippen LogP contribution in [-0.2, 0) is 14.9 Å². The van der Waals surface area contributed by atoms with Crippen molar-refractivity contribution in [1.29, 1.82) is 0 Å². The van der Waals surface area contributed by atoms with Gasteiger partial charge in [0.2, 0.25) is 0 Å². The van der Waals surface area contributed by atoms with E-state index in [0.717, 1.165) is 16.7 Å². The van der Waals surface area contributed by atoms with Crippen molar-refractivity contribution in [3.63, 3.8) is 0 Å². The Hall–Kier alpha value is -1.29. The molecule has 0 saturated carbocycles. The van der Waals surface area contributed by atoms with Crippen LogP contribution in [0.1, 0.15) is 22.2 Å². The Morgan fingerprint density at radius 2 is 2.00 bits per heavy atom. The SMILES string of the molecule is CCOC(=O)c1c(OS(=O)(=O)C(F)(F)F)csc1C. The van der Waals surface area contributed by atoms with Gasteiger partial charge in [-0.15, -0.1) is 11.3 Å². The van der Waals surface area contributed by atoms with Gasteiger partial charge >= 0.3 is 21.6 Å². The topological polar surface area (TPSA) is 69.7 Å². The van der Waals surface area contributed by atoms with E-state index in [4.69, 9.17) is 0 Å². The molecule has 0 radical (unpaired) electrons. The first-order chi connectivity index (χ1) is 8.60. The first-order valence-electron chi connectivity index (χ1n) is 4.86. The number of hydrogen-bond acceptors (Lipinski definition) is 6. The van der Waals surface area contributed by atoms with Crippen LogP contribution in [0.2, 0.25) is 0 Å². The third-order valence-corrected chi connectivity index (χ3v) is 3.76. The van der Waals surface area contributed by atoms with Crippen molar-refractivity contribution < 1.29 is 35.3 Å². The Morgan fingerprint density at radius 3 is 2.47 bits per heavy atom. The summed E-state index contributed by atoms with van der Waals surface area (Å²) < 4.78 is 66.8. The molecule has 1 aromatic heterocycles. The summed E-state index contributed by atoms with van der Waals surface area (Å²) >= 11 is 0.879. The lowest BCUT2D eigenvalue weighted by Crippen LogP contribution is -2.28. The minimum atomic E-state index is -5.81. The van der Waals surface area contributed by atoms with Gasteiger partial charge in [-0.2, -0.15) is 21.6 Å². The lowest BCUT2D eigenvalue weighted by Gasteiger charge is -2.10. The molecule has 0 saturated heterocycles. The van der Waals surface area contributed by atoms with E-state index in [1.165, 1.54) is 13.8 Å². The molecule has 0 spiro atoms. The molecule has 108 valence electrons. The molecule has 1 heterocycles. The monoisotopic (exact) mass is 318 g/mol. The second-order valence-corrected chi connectivity index (χ2v) is 5.86. The van der Waals surface area contributed by atoms with Gasteiger partial charge in [0.25, 0.3) is 0 Å². The molecule has 19 heavy (non-hydrogen) atoms. The van der Waals surface area contributed by atoms with Crippen LogP contribution < -0.4 is 4.18 Å². The second-order valence-electron chi connectivity index (χ2n) is 3.23. The number of esters is 1. The molecule has 0 fully saturated rings. The molecule has 1 aromatic rings. The van der Waals surface area contributed by atoms with Gasteiger partial charge in [0.1, 0.15) is 5.56 Å². The Bertz CT molecular complexity index is 573. The number of rotatable bonds is 4. The van der Waals surface area contributed by atoms with Gasteiger partial charge in [0.15, 0.2) is 5.75 Å². The van der Waals surface area contributed by atoms with Gasteiger partial charge in [-0.25, -0.2) is 4.79 Å². The summed E-state index contributed by atoms with van der Waals surface area (Å²) in [6, 6.07) is 0. The molecule has 1 rings (SSSR count). The van der Waals surface area contributed by atoms with Crippen molar-refractivity contribution >= 4 is 27.4 Å². The van der Waals surface area contributed by atoms with Gasteiger partial charge in [0, 0.05) is 10.3 Å². The molecular formula is C9H9F3O5S2. The molecule has 0 amide bonds. The molecule has 0 aliphatic carbocycles. The second kappa shape index (κ2) is 5.37. The predicted molar refractivity (Wildman–Crippen MR) is 60.6 cm³/mol. The zero-order valence-corrected chi connectivity index (χ0v) is 11.4. The van der Waals surface area contributed by atoms with Gasteiger partial charge in [0.05, 0.1) is 6.61 Å². The summed E-state index contributed by atoms with van der Waals surface area (Å²) in [5, 5.41) is 1.00. The highest BCUT2D eigenvalue weighted by atomic mass is 32.2. The molecule has 0 atom stereocenters. The average Bonchev–Trinajstić information content (AvgIpc) is 2.57. The first-order valence-corrected chi connectivity index (χ1v) is 7.15. The number of carbonyl (C=O) groups is 1. The smallest absolute Gasteiger partial charge is 0.462 e. The van der Waals surface area contributed by atoms with Crippen molar-refractivity contribution in [3.05, 3.63) is 15.8 Å². The van der Waals surface area contributed by atoms with E-state index in [1.807, 2.05) is 0 Å². The normalized spacial score (nSPS) is 12.3. The van der Waals surface area contributed by atoms with Crippen LogP contribution in [0.15, 0.2) is 5.38 Å². The van der Waals surface area contributed by atoms with Crippen molar-refractivity contribution in [2.45, 2.75) is 19.4 Å². The molecule has 5 nitrogen and oxygen atoms in total. The molecule has 10 heteroatoms. The quantitative estimate of drug-likeness (QED) is 0.484. The summed E-state index contributed by atoms with van der Waals surface area (Å²) in [4.78, 5) is 11.8. The van der Waals surface area contributed by atoms with Crippen molar-refractivity contribution in [2.24, 2.45) is 0 Å². The van der Waals surface area contributed by atoms with Gasteiger partial charge in [-0.3, -0.25) is 0 Å². The summed E-state index contributed by atoms with van der Waals surface area (Å²) in [6.07, 6.45) is 0. The van der Waals surface area contributed by atoms with Crippen molar-refractivity contribution in [1.82, 2.24) is 0 Å². The van der Waals surface area contributed by atoms with Crippen LogP contribution in [0.4, 0.5) is 13.2 Å². The lowest BCUT2D eigenvalue weighted by molar-refractivity contribution is -0.0500. The summed E-state index contributed by atoms with van der Waals surface area (Å²) in [6.45, 7) is 2.94. The van der Waals surface area contributed by atoms with Gasteiger partial charge in [-0.1, -0.05) is 0 Å².